The second kappa shape index (κ2) is 7.07. The van der Waals surface area contributed by atoms with Crippen molar-refractivity contribution in [2.75, 3.05) is 10.6 Å². The van der Waals surface area contributed by atoms with E-state index in [0.29, 0.717) is 10.1 Å². The van der Waals surface area contributed by atoms with Gasteiger partial charge >= 0.3 is 0 Å². The molecule has 2 aromatic carbocycles. The molecule has 0 fully saturated rings. The molecule has 0 saturated carbocycles. The van der Waals surface area contributed by atoms with E-state index in [0.717, 1.165) is 22.3 Å². The summed E-state index contributed by atoms with van der Waals surface area (Å²) in [5, 5.41) is 7.47. The molecule has 0 aliphatic rings. The minimum atomic E-state index is 0.523. The molecular formula is C15H14BrClN2S. The number of para-hydroxylation sites is 1. The molecule has 2 nitrogen and oxygen atoms in total. The fraction of sp³-hybridized carbons (Fsp3) is 0.133. The standard InChI is InChI=1S/C15H14BrClN2S/c1-2-10-9-11(16)7-8-13(10)18-15(20)19-14-6-4-3-5-12(14)17/h3-9H,2H2,1H3,(H2,18,19,20). The number of nitrogens with one attached hydrogen (secondary N) is 2. The van der Waals surface area contributed by atoms with Crippen LogP contribution in [-0.2, 0) is 6.42 Å². The Bertz CT molecular complexity index is 631. The molecular weight excluding hydrogens is 356 g/mol. The summed E-state index contributed by atoms with van der Waals surface area (Å²) >= 11 is 14.9. The fourth-order valence-electron chi connectivity index (χ4n) is 1.82. The average Bonchev–Trinajstić information content (AvgIpc) is 2.43. The van der Waals surface area contributed by atoms with Gasteiger partial charge in [-0.05, 0) is 54.5 Å². The number of halogens is 2. The third-order valence-electron chi connectivity index (χ3n) is 2.82. The van der Waals surface area contributed by atoms with Crippen molar-refractivity contribution >= 4 is 56.2 Å². The summed E-state index contributed by atoms with van der Waals surface area (Å²) in [6, 6.07) is 13.6. The SMILES string of the molecule is CCc1cc(Br)ccc1NC(=S)Nc1ccccc1Cl. The Balaban J connectivity index is 2.11. The van der Waals surface area contributed by atoms with Crippen LogP contribution in [0.2, 0.25) is 5.02 Å². The van der Waals surface area contributed by atoms with E-state index < -0.39 is 0 Å². The van der Waals surface area contributed by atoms with Crippen LogP contribution in [0.3, 0.4) is 0 Å². The van der Waals surface area contributed by atoms with E-state index in [-0.39, 0.29) is 0 Å². The van der Waals surface area contributed by atoms with Crippen molar-refractivity contribution in [2.45, 2.75) is 13.3 Å². The van der Waals surface area contributed by atoms with Gasteiger partial charge in [0.15, 0.2) is 5.11 Å². The molecule has 20 heavy (non-hydrogen) atoms. The molecule has 0 unspecified atom stereocenters. The Hall–Kier alpha value is -1.10. The first-order valence-corrected chi connectivity index (χ1v) is 7.79. The van der Waals surface area contributed by atoms with E-state index in [2.05, 4.69) is 39.6 Å². The molecule has 0 radical (unpaired) electrons. The van der Waals surface area contributed by atoms with Gasteiger partial charge in [-0.25, -0.2) is 0 Å². The maximum Gasteiger partial charge on any atom is 0.175 e. The third kappa shape index (κ3) is 3.95. The second-order valence-electron chi connectivity index (χ2n) is 4.21. The van der Waals surface area contributed by atoms with Crippen LogP contribution in [0.25, 0.3) is 0 Å². The Labute approximate surface area is 137 Å². The fourth-order valence-corrected chi connectivity index (χ4v) is 2.63. The van der Waals surface area contributed by atoms with Gasteiger partial charge in [0.1, 0.15) is 0 Å². The lowest BCUT2D eigenvalue weighted by molar-refractivity contribution is 1.14. The number of thiocarbonyl (C=S) groups is 1. The van der Waals surface area contributed by atoms with E-state index in [4.69, 9.17) is 23.8 Å². The quantitative estimate of drug-likeness (QED) is 0.701. The third-order valence-corrected chi connectivity index (χ3v) is 3.85. The molecule has 0 saturated heterocycles. The summed E-state index contributed by atoms with van der Waals surface area (Å²) in [4.78, 5) is 0. The van der Waals surface area contributed by atoms with Gasteiger partial charge in [-0.2, -0.15) is 0 Å². The van der Waals surface area contributed by atoms with Gasteiger partial charge in [0.05, 0.1) is 10.7 Å². The zero-order valence-electron chi connectivity index (χ0n) is 10.9. The zero-order valence-corrected chi connectivity index (χ0v) is 14.1. The van der Waals surface area contributed by atoms with Crippen molar-refractivity contribution in [1.82, 2.24) is 0 Å². The predicted molar refractivity (Wildman–Crippen MR) is 94.8 cm³/mol. The first-order valence-electron chi connectivity index (χ1n) is 6.21. The second-order valence-corrected chi connectivity index (χ2v) is 5.95. The van der Waals surface area contributed by atoms with Crippen LogP contribution in [0, 0.1) is 0 Å². The first-order chi connectivity index (χ1) is 9.60. The number of hydrogen-bond acceptors (Lipinski definition) is 1. The maximum atomic E-state index is 6.09. The molecule has 0 spiro atoms. The molecule has 0 bridgehead atoms. The Kier molecular flexibility index (Phi) is 5.40. The molecule has 104 valence electrons. The van der Waals surface area contributed by atoms with Crippen molar-refractivity contribution in [3.63, 3.8) is 0 Å². The summed E-state index contributed by atoms with van der Waals surface area (Å²) in [7, 11) is 0. The van der Waals surface area contributed by atoms with Crippen molar-refractivity contribution in [2.24, 2.45) is 0 Å². The van der Waals surface area contributed by atoms with Crippen molar-refractivity contribution in [1.29, 1.82) is 0 Å². The van der Waals surface area contributed by atoms with Crippen LogP contribution in [0.5, 0.6) is 0 Å². The van der Waals surface area contributed by atoms with Gasteiger partial charge in [-0.15, -0.1) is 0 Å². The van der Waals surface area contributed by atoms with Crippen LogP contribution in [-0.4, -0.2) is 5.11 Å². The van der Waals surface area contributed by atoms with E-state index in [1.54, 1.807) is 0 Å². The first kappa shape index (κ1) is 15.3. The van der Waals surface area contributed by atoms with Crippen LogP contribution in [0.4, 0.5) is 11.4 Å². The summed E-state index contributed by atoms with van der Waals surface area (Å²) in [6.07, 6.45) is 0.927. The molecule has 0 aromatic heterocycles. The van der Waals surface area contributed by atoms with E-state index in [1.807, 2.05) is 36.4 Å². The highest BCUT2D eigenvalue weighted by Gasteiger charge is 2.05. The normalized spacial score (nSPS) is 10.2. The van der Waals surface area contributed by atoms with Crippen LogP contribution >= 0.6 is 39.7 Å². The summed E-state index contributed by atoms with van der Waals surface area (Å²) in [5.41, 5.74) is 2.99. The van der Waals surface area contributed by atoms with Gasteiger partial charge in [0.2, 0.25) is 0 Å². The summed E-state index contributed by atoms with van der Waals surface area (Å²) in [5.74, 6) is 0. The number of rotatable bonds is 3. The zero-order chi connectivity index (χ0) is 14.5. The number of benzene rings is 2. The number of aryl methyl sites for hydroxylation is 1. The predicted octanol–water partition coefficient (Wildman–Crippen LogP) is 5.47. The highest BCUT2D eigenvalue weighted by Crippen LogP contribution is 2.23. The Morgan fingerprint density at radius 3 is 2.55 bits per heavy atom. The minimum absolute atomic E-state index is 0.523. The Morgan fingerprint density at radius 1 is 1.15 bits per heavy atom. The van der Waals surface area contributed by atoms with Crippen molar-refractivity contribution in [3.05, 3.63) is 57.5 Å². The summed E-state index contributed by atoms with van der Waals surface area (Å²) < 4.78 is 1.06. The van der Waals surface area contributed by atoms with E-state index >= 15 is 0 Å². The smallest absolute Gasteiger partial charge is 0.175 e. The Morgan fingerprint density at radius 2 is 1.85 bits per heavy atom. The molecule has 0 atom stereocenters. The molecule has 2 rings (SSSR count). The topological polar surface area (TPSA) is 24.1 Å². The molecule has 0 aliphatic carbocycles. The van der Waals surface area contributed by atoms with Crippen molar-refractivity contribution < 1.29 is 0 Å². The largest absolute Gasteiger partial charge is 0.332 e. The van der Waals surface area contributed by atoms with Gasteiger partial charge in [-0.3, -0.25) is 0 Å². The van der Waals surface area contributed by atoms with Gasteiger partial charge < -0.3 is 10.6 Å². The molecule has 0 heterocycles. The lowest BCUT2D eigenvalue weighted by Gasteiger charge is -2.14. The monoisotopic (exact) mass is 368 g/mol. The number of hydrogen-bond donors (Lipinski definition) is 2. The molecule has 2 aromatic rings. The minimum Gasteiger partial charge on any atom is -0.332 e. The summed E-state index contributed by atoms with van der Waals surface area (Å²) in [6.45, 7) is 2.11. The van der Waals surface area contributed by atoms with Crippen molar-refractivity contribution in [3.8, 4) is 0 Å². The molecule has 5 heteroatoms. The van der Waals surface area contributed by atoms with E-state index in [1.165, 1.54) is 5.56 Å². The van der Waals surface area contributed by atoms with E-state index in [9.17, 15) is 0 Å². The maximum absolute atomic E-state index is 6.09. The van der Waals surface area contributed by atoms with Gasteiger partial charge in [0.25, 0.3) is 0 Å². The van der Waals surface area contributed by atoms with Gasteiger partial charge in [0, 0.05) is 10.2 Å². The van der Waals surface area contributed by atoms with Crippen LogP contribution < -0.4 is 10.6 Å². The average molecular weight is 370 g/mol. The number of anilines is 2. The highest BCUT2D eigenvalue weighted by atomic mass is 79.9. The lowest BCUT2D eigenvalue weighted by atomic mass is 10.1. The molecule has 0 amide bonds. The van der Waals surface area contributed by atoms with Crippen LogP contribution in [0.1, 0.15) is 12.5 Å². The molecule has 2 N–H and O–H groups in total. The molecule has 0 aliphatic heterocycles. The van der Waals surface area contributed by atoms with Gasteiger partial charge in [-0.1, -0.05) is 46.6 Å². The highest BCUT2D eigenvalue weighted by molar-refractivity contribution is 9.10. The van der Waals surface area contributed by atoms with Crippen LogP contribution in [0.15, 0.2) is 46.9 Å². The lowest BCUT2D eigenvalue weighted by Crippen LogP contribution is -2.20.